The number of pyridine rings is 1. The average Bonchev–Trinajstić information content (AvgIpc) is 2.74. The predicted octanol–water partition coefficient (Wildman–Crippen LogP) is 3.18. The fraction of sp³-hybridized carbons (Fsp3) is 0.105. The third kappa shape index (κ3) is 4.80. The maximum Gasteiger partial charge on any atom is 0.337 e. The molecule has 0 saturated carbocycles. The summed E-state index contributed by atoms with van der Waals surface area (Å²) in [6, 6.07) is 8.22. The lowest BCUT2D eigenvalue weighted by molar-refractivity contribution is 0.0600. The van der Waals surface area contributed by atoms with Gasteiger partial charge in [0.1, 0.15) is 11.5 Å². The SMILES string of the molecule is COC(=O)c1ccc(Cl)c(NC(=O)c2cnc(NCc3cccnc3)cn2)c1. The molecule has 2 aromatic heterocycles. The van der Waals surface area contributed by atoms with Gasteiger partial charge in [0.2, 0.25) is 0 Å². The van der Waals surface area contributed by atoms with E-state index in [0.717, 1.165) is 5.56 Å². The topological polar surface area (TPSA) is 106 Å². The Kier molecular flexibility index (Phi) is 6.13. The number of hydrogen-bond acceptors (Lipinski definition) is 7. The van der Waals surface area contributed by atoms with E-state index in [-0.39, 0.29) is 22.0 Å². The van der Waals surface area contributed by atoms with Gasteiger partial charge in [0.05, 0.1) is 35.8 Å². The fourth-order valence-electron chi connectivity index (χ4n) is 2.28. The zero-order chi connectivity index (χ0) is 19.9. The highest BCUT2D eigenvalue weighted by molar-refractivity contribution is 6.34. The van der Waals surface area contributed by atoms with Gasteiger partial charge < -0.3 is 15.4 Å². The van der Waals surface area contributed by atoms with Crippen LogP contribution in [0.5, 0.6) is 0 Å². The van der Waals surface area contributed by atoms with Gasteiger partial charge in [-0.3, -0.25) is 9.78 Å². The lowest BCUT2D eigenvalue weighted by Gasteiger charge is -2.09. The smallest absolute Gasteiger partial charge is 0.337 e. The van der Waals surface area contributed by atoms with Gasteiger partial charge in [0, 0.05) is 18.9 Å². The Hall–Kier alpha value is -3.52. The number of nitrogens with zero attached hydrogens (tertiary/aromatic N) is 3. The number of amides is 1. The molecule has 1 aromatic carbocycles. The Morgan fingerprint density at radius 2 is 2.00 bits per heavy atom. The zero-order valence-electron chi connectivity index (χ0n) is 14.8. The summed E-state index contributed by atoms with van der Waals surface area (Å²) in [5, 5.41) is 5.99. The van der Waals surface area contributed by atoms with Gasteiger partial charge in [-0.05, 0) is 29.8 Å². The summed E-state index contributed by atoms with van der Waals surface area (Å²) in [5.74, 6) is -0.516. The van der Waals surface area contributed by atoms with Crippen LogP contribution in [-0.2, 0) is 11.3 Å². The van der Waals surface area contributed by atoms with Crippen LogP contribution in [-0.4, -0.2) is 33.9 Å². The number of anilines is 2. The molecule has 0 fully saturated rings. The first-order valence-corrected chi connectivity index (χ1v) is 8.58. The van der Waals surface area contributed by atoms with Crippen molar-refractivity contribution in [1.82, 2.24) is 15.0 Å². The number of rotatable bonds is 6. The normalized spacial score (nSPS) is 10.2. The third-order valence-corrected chi connectivity index (χ3v) is 4.05. The van der Waals surface area contributed by atoms with Gasteiger partial charge in [-0.15, -0.1) is 0 Å². The first kappa shape index (κ1) is 19.2. The van der Waals surface area contributed by atoms with Crippen molar-refractivity contribution in [1.29, 1.82) is 0 Å². The van der Waals surface area contributed by atoms with Crippen molar-refractivity contribution in [3.05, 3.63) is 77.0 Å². The molecule has 1 amide bonds. The summed E-state index contributed by atoms with van der Waals surface area (Å²) in [5.41, 5.74) is 1.64. The van der Waals surface area contributed by atoms with Gasteiger partial charge in [-0.25, -0.2) is 14.8 Å². The Labute approximate surface area is 166 Å². The maximum absolute atomic E-state index is 12.4. The standard InChI is InChI=1S/C19H16ClN5O3/c1-28-19(27)13-4-5-14(20)15(7-13)25-18(26)16-10-24-17(11-22-16)23-9-12-3-2-6-21-8-12/h2-8,10-11H,9H2,1H3,(H,23,24)(H,25,26). The van der Waals surface area contributed by atoms with Crippen LogP contribution < -0.4 is 10.6 Å². The highest BCUT2D eigenvalue weighted by Gasteiger charge is 2.13. The molecule has 0 radical (unpaired) electrons. The second-order valence-electron chi connectivity index (χ2n) is 5.64. The number of esters is 1. The first-order chi connectivity index (χ1) is 13.6. The summed E-state index contributed by atoms with van der Waals surface area (Å²) in [4.78, 5) is 36.3. The summed E-state index contributed by atoms with van der Waals surface area (Å²) in [6.07, 6.45) is 6.25. The maximum atomic E-state index is 12.4. The number of carbonyl (C=O) groups excluding carboxylic acids is 2. The van der Waals surface area contributed by atoms with E-state index >= 15 is 0 Å². The molecule has 8 nitrogen and oxygen atoms in total. The van der Waals surface area contributed by atoms with Crippen molar-refractivity contribution in [3.8, 4) is 0 Å². The molecule has 9 heteroatoms. The minimum atomic E-state index is -0.531. The lowest BCUT2D eigenvalue weighted by Crippen LogP contribution is -2.15. The van der Waals surface area contributed by atoms with Crippen LogP contribution in [0, 0.1) is 0 Å². The van der Waals surface area contributed by atoms with Crippen molar-refractivity contribution in [3.63, 3.8) is 0 Å². The molecule has 142 valence electrons. The van der Waals surface area contributed by atoms with E-state index in [1.165, 1.54) is 37.7 Å². The molecule has 0 aliphatic carbocycles. The Morgan fingerprint density at radius 3 is 2.68 bits per heavy atom. The largest absolute Gasteiger partial charge is 0.465 e. The van der Waals surface area contributed by atoms with Crippen molar-refractivity contribution in [2.24, 2.45) is 0 Å². The van der Waals surface area contributed by atoms with Gasteiger partial charge in [0.25, 0.3) is 5.91 Å². The second kappa shape index (κ2) is 8.92. The molecule has 0 aliphatic rings. The van der Waals surface area contributed by atoms with E-state index in [1.54, 1.807) is 12.4 Å². The lowest BCUT2D eigenvalue weighted by atomic mass is 10.2. The molecule has 3 rings (SSSR count). The van der Waals surface area contributed by atoms with Crippen LogP contribution >= 0.6 is 11.6 Å². The number of carbonyl (C=O) groups is 2. The van der Waals surface area contributed by atoms with E-state index in [0.29, 0.717) is 12.4 Å². The van der Waals surface area contributed by atoms with Crippen LogP contribution in [0.25, 0.3) is 0 Å². The zero-order valence-corrected chi connectivity index (χ0v) is 15.6. The van der Waals surface area contributed by atoms with Crippen molar-refractivity contribution in [2.45, 2.75) is 6.54 Å². The molecular weight excluding hydrogens is 382 g/mol. The summed E-state index contributed by atoms with van der Waals surface area (Å²) >= 11 is 6.08. The van der Waals surface area contributed by atoms with Crippen molar-refractivity contribution < 1.29 is 14.3 Å². The van der Waals surface area contributed by atoms with Crippen molar-refractivity contribution >= 4 is 35.0 Å². The number of benzene rings is 1. The van der Waals surface area contributed by atoms with E-state index in [1.807, 2.05) is 12.1 Å². The number of nitrogens with one attached hydrogen (secondary N) is 2. The molecular formula is C19H16ClN5O3. The number of halogens is 1. The Bertz CT molecular complexity index is 981. The quantitative estimate of drug-likeness (QED) is 0.615. The molecule has 0 unspecified atom stereocenters. The minimum absolute atomic E-state index is 0.103. The van der Waals surface area contributed by atoms with Crippen LogP contribution in [0.4, 0.5) is 11.5 Å². The Morgan fingerprint density at radius 1 is 1.14 bits per heavy atom. The molecule has 0 aliphatic heterocycles. The third-order valence-electron chi connectivity index (χ3n) is 3.72. The number of ether oxygens (including phenoxy) is 1. The predicted molar refractivity (Wildman–Crippen MR) is 104 cm³/mol. The second-order valence-corrected chi connectivity index (χ2v) is 6.05. The van der Waals surface area contributed by atoms with E-state index in [4.69, 9.17) is 11.6 Å². The summed E-state index contributed by atoms with van der Waals surface area (Å²) in [7, 11) is 1.27. The van der Waals surface area contributed by atoms with E-state index in [9.17, 15) is 9.59 Å². The molecule has 3 aromatic rings. The van der Waals surface area contributed by atoms with Gasteiger partial charge in [-0.2, -0.15) is 0 Å². The highest BCUT2D eigenvalue weighted by Crippen LogP contribution is 2.24. The van der Waals surface area contributed by atoms with E-state index < -0.39 is 11.9 Å². The molecule has 2 N–H and O–H groups in total. The Balaban J connectivity index is 1.65. The molecule has 28 heavy (non-hydrogen) atoms. The summed E-state index contributed by atoms with van der Waals surface area (Å²) in [6.45, 7) is 0.532. The fourth-order valence-corrected chi connectivity index (χ4v) is 2.45. The number of methoxy groups -OCH3 is 1. The average molecular weight is 398 g/mol. The molecule has 0 saturated heterocycles. The van der Waals surface area contributed by atoms with E-state index in [2.05, 4.69) is 30.3 Å². The van der Waals surface area contributed by atoms with Gasteiger partial charge >= 0.3 is 5.97 Å². The number of hydrogen-bond donors (Lipinski definition) is 2. The van der Waals surface area contributed by atoms with Crippen LogP contribution in [0.15, 0.2) is 55.1 Å². The van der Waals surface area contributed by atoms with Crippen LogP contribution in [0.3, 0.4) is 0 Å². The first-order valence-electron chi connectivity index (χ1n) is 8.21. The molecule has 0 bridgehead atoms. The highest BCUT2D eigenvalue weighted by atomic mass is 35.5. The monoisotopic (exact) mass is 397 g/mol. The number of aromatic nitrogens is 3. The van der Waals surface area contributed by atoms with Crippen LogP contribution in [0.1, 0.15) is 26.4 Å². The molecule has 2 heterocycles. The van der Waals surface area contributed by atoms with Gasteiger partial charge in [0.15, 0.2) is 0 Å². The van der Waals surface area contributed by atoms with Crippen molar-refractivity contribution in [2.75, 3.05) is 17.7 Å². The molecule has 0 spiro atoms. The minimum Gasteiger partial charge on any atom is -0.465 e. The molecule has 0 atom stereocenters. The summed E-state index contributed by atoms with van der Waals surface area (Å²) < 4.78 is 4.66. The van der Waals surface area contributed by atoms with Crippen LogP contribution in [0.2, 0.25) is 5.02 Å². The van der Waals surface area contributed by atoms with Gasteiger partial charge in [-0.1, -0.05) is 17.7 Å².